The van der Waals surface area contributed by atoms with Crippen LogP contribution >= 0.6 is 23.2 Å². The molecule has 0 saturated carbocycles. The smallest absolute Gasteiger partial charge is 0.382 e. The van der Waals surface area contributed by atoms with Crippen LogP contribution in [0.15, 0.2) is 63.4 Å². The molecule has 1 N–H and O–H groups in total. The van der Waals surface area contributed by atoms with E-state index in [2.05, 4.69) is 20.6 Å². The first-order valence-electron chi connectivity index (χ1n) is 9.43. The number of hydrogen-bond acceptors (Lipinski definition) is 5. The highest BCUT2D eigenvalue weighted by molar-refractivity contribution is 6.34. The van der Waals surface area contributed by atoms with Crippen LogP contribution in [0.4, 0.5) is 13.2 Å². The topological polar surface area (TPSA) is 98.9 Å². The summed E-state index contributed by atoms with van der Waals surface area (Å²) in [5.74, 6) is 0.259. The van der Waals surface area contributed by atoms with Crippen molar-refractivity contribution in [1.82, 2.24) is 19.8 Å². The van der Waals surface area contributed by atoms with Gasteiger partial charge in [-0.15, -0.1) is 15.6 Å². The van der Waals surface area contributed by atoms with Crippen molar-refractivity contribution in [3.63, 3.8) is 0 Å². The third kappa shape index (κ3) is 4.95. The van der Waals surface area contributed by atoms with E-state index in [9.17, 15) is 23.1 Å². The fourth-order valence-electron chi connectivity index (χ4n) is 3.03. The number of hydrogen-bond donors (Lipinski definition) is 1. The van der Waals surface area contributed by atoms with Crippen molar-refractivity contribution in [1.29, 1.82) is 0 Å². The predicted molar refractivity (Wildman–Crippen MR) is 117 cm³/mol. The molecule has 3 aromatic rings. The Morgan fingerprint density at radius 1 is 1.06 bits per heavy atom. The van der Waals surface area contributed by atoms with Crippen molar-refractivity contribution in [3.8, 4) is 11.4 Å². The van der Waals surface area contributed by atoms with Crippen molar-refractivity contribution in [2.75, 3.05) is 0 Å². The molecule has 0 aliphatic carbocycles. The van der Waals surface area contributed by atoms with Gasteiger partial charge in [-0.25, -0.2) is 14.5 Å². The Labute approximate surface area is 194 Å². The molecule has 1 aliphatic heterocycles. The number of aliphatic hydroxyl groups is 1. The molecular weight excluding hydrogens is 484 g/mol. The van der Waals surface area contributed by atoms with E-state index in [1.165, 1.54) is 24.3 Å². The van der Waals surface area contributed by atoms with E-state index in [0.29, 0.717) is 21.2 Å². The largest absolute Gasteiger partial charge is 0.416 e. The van der Waals surface area contributed by atoms with Crippen molar-refractivity contribution in [2.24, 2.45) is 10.1 Å². The van der Waals surface area contributed by atoms with Crippen molar-refractivity contribution >= 4 is 34.9 Å². The highest BCUT2D eigenvalue weighted by Gasteiger charge is 2.39. The first-order valence-corrected chi connectivity index (χ1v) is 10.2. The molecule has 4 rings (SSSR count). The van der Waals surface area contributed by atoms with Gasteiger partial charge in [0.05, 0.1) is 11.6 Å². The maximum atomic E-state index is 13.0. The van der Waals surface area contributed by atoms with Crippen molar-refractivity contribution in [2.45, 2.75) is 25.4 Å². The van der Waals surface area contributed by atoms with E-state index in [0.717, 1.165) is 9.25 Å². The van der Waals surface area contributed by atoms with Gasteiger partial charge in [0.15, 0.2) is 23.6 Å². The number of benzene rings is 2. The standard InChI is InChI=1S/C20H14Cl2F3N6O2/c21-12-7-5-11(6-8-12)18-29-31(19(33)30(18)9-15(32)20(23,24)25)10-16-26-17(28-27-16)13-3-1-2-4-14(13)22/h1-8,15,32H,9-10H2/t15-/m0/s1. The zero-order valence-corrected chi connectivity index (χ0v) is 18.1. The maximum Gasteiger partial charge on any atom is 0.416 e. The number of aliphatic hydroxyl groups excluding tert-OH is 1. The second kappa shape index (κ2) is 9.00. The molecule has 0 spiro atoms. The summed E-state index contributed by atoms with van der Waals surface area (Å²) in [4.78, 5) is 17.1. The first-order chi connectivity index (χ1) is 15.6. The molecule has 2 heterocycles. The maximum absolute atomic E-state index is 13.0. The summed E-state index contributed by atoms with van der Waals surface area (Å²) in [6.07, 6.45) is -7.68. The van der Waals surface area contributed by atoms with E-state index in [-0.39, 0.29) is 24.0 Å². The van der Waals surface area contributed by atoms with Crippen LogP contribution in [0.5, 0.6) is 0 Å². The Bertz CT molecular complexity index is 1300. The Morgan fingerprint density at radius 3 is 2.42 bits per heavy atom. The SMILES string of the molecule is O=c1n(CC2=NC(c3ccccc3Cl)=N[N]2)nc(-c2ccc(Cl)cc2)n1C[C@H](O)C(F)(F)F. The summed E-state index contributed by atoms with van der Waals surface area (Å²) in [5, 5.41) is 18.4. The average Bonchev–Trinajstić information content (AvgIpc) is 3.34. The van der Waals surface area contributed by atoms with E-state index < -0.39 is 24.5 Å². The Kier molecular flexibility index (Phi) is 6.28. The summed E-state index contributed by atoms with van der Waals surface area (Å²) in [6.45, 7) is -1.29. The molecular formula is C20H14Cl2F3N6O2. The van der Waals surface area contributed by atoms with Gasteiger partial charge in [-0.1, -0.05) is 35.3 Å². The lowest BCUT2D eigenvalue weighted by Gasteiger charge is -2.15. The van der Waals surface area contributed by atoms with Gasteiger partial charge in [0.2, 0.25) is 0 Å². The minimum atomic E-state index is -4.92. The van der Waals surface area contributed by atoms with Crippen LogP contribution in [-0.4, -0.2) is 43.4 Å². The quantitative estimate of drug-likeness (QED) is 0.565. The van der Waals surface area contributed by atoms with Gasteiger partial charge >= 0.3 is 11.9 Å². The van der Waals surface area contributed by atoms with Gasteiger partial charge in [-0.3, -0.25) is 4.57 Å². The zero-order valence-electron chi connectivity index (χ0n) is 16.5. The molecule has 0 bridgehead atoms. The van der Waals surface area contributed by atoms with E-state index in [4.69, 9.17) is 23.2 Å². The number of aliphatic imine (C=N–C) groups is 1. The van der Waals surface area contributed by atoms with Crippen LogP contribution in [0.2, 0.25) is 10.0 Å². The van der Waals surface area contributed by atoms with Gasteiger partial charge in [0.25, 0.3) is 0 Å². The number of amidine groups is 2. The van der Waals surface area contributed by atoms with Gasteiger partial charge in [-0.05, 0) is 36.4 Å². The molecule has 0 fully saturated rings. The van der Waals surface area contributed by atoms with E-state index >= 15 is 0 Å². The lowest BCUT2D eigenvalue weighted by Crippen LogP contribution is -2.37. The Hall–Kier alpha value is -3.15. The summed E-state index contributed by atoms with van der Waals surface area (Å²) in [7, 11) is 0. The molecule has 2 aromatic carbocycles. The number of aromatic nitrogens is 3. The monoisotopic (exact) mass is 497 g/mol. The van der Waals surface area contributed by atoms with Gasteiger partial charge < -0.3 is 5.11 Å². The fraction of sp³-hybridized carbons (Fsp3) is 0.200. The van der Waals surface area contributed by atoms with Gasteiger partial charge in [-0.2, -0.15) is 13.2 Å². The number of rotatable bonds is 6. The number of halogens is 5. The van der Waals surface area contributed by atoms with E-state index in [1.54, 1.807) is 24.3 Å². The normalized spacial score (nSPS) is 14.6. The third-order valence-corrected chi connectivity index (χ3v) is 5.24. The highest BCUT2D eigenvalue weighted by Crippen LogP contribution is 2.24. The molecule has 0 amide bonds. The second-order valence-electron chi connectivity index (χ2n) is 6.97. The summed E-state index contributed by atoms with van der Waals surface area (Å²) in [6, 6.07) is 12.8. The molecule has 13 heteroatoms. The molecule has 33 heavy (non-hydrogen) atoms. The van der Waals surface area contributed by atoms with Gasteiger partial charge in [0.1, 0.15) is 6.54 Å². The minimum absolute atomic E-state index is 0.0780. The van der Waals surface area contributed by atoms with Crippen molar-refractivity contribution < 1.29 is 18.3 Å². The molecule has 1 aliphatic rings. The van der Waals surface area contributed by atoms with E-state index in [1.807, 2.05) is 0 Å². The summed E-state index contributed by atoms with van der Waals surface area (Å²) >= 11 is 12.0. The predicted octanol–water partition coefficient (Wildman–Crippen LogP) is 3.32. The van der Waals surface area contributed by atoms with Crippen LogP contribution in [0.25, 0.3) is 11.4 Å². The lowest BCUT2D eigenvalue weighted by molar-refractivity contribution is -0.207. The Morgan fingerprint density at radius 2 is 1.76 bits per heavy atom. The molecule has 171 valence electrons. The van der Waals surface area contributed by atoms with Crippen LogP contribution in [0.1, 0.15) is 5.56 Å². The molecule has 0 saturated heterocycles. The number of alkyl halides is 3. The summed E-state index contributed by atoms with van der Waals surface area (Å²) in [5.41, 5.74) is 3.91. The summed E-state index contributed by atoms with van der Waals surface area (Å²) < 4.78 is 40.5. The van der Waals surface area contributed by atoms with Crippen molar-refractivity contribution in [3.05, 3.63) is 74.6 Å². The number of nitrogens with zero attached hydrogens (tertiary/aromatic N) is 6. The second-order valence-corrected chi connectivity index (χ2v) is 7.81. The third-order valence-electron chi connectivity index (χ3n) is 4.66. The van der Waals surface area contributed by atoms with Crippen LogP contribution in [0, 0.1) is 0 Å². The zero-order chi connectivity index (χ0) is 23.8. The van der Waals surface area contributed by atoms with Crippen LogP contribution in [0.3, 0.4) is 0 Å². The first kappa shape index (κ1) is 23.0. The van der Waals surface area contributed by atoms with Crippen LogP contribution in [-0.2, 0) is 13.1 Å². The molecule has 1 radical (unpaired) electrons. The molecule has 0 unspecified atom stereocenters. The molecule has 1 atom stereocenters. The fourth-order valence-corrected chi connectivity index (χ4v) is 3.37. The van der Waals surface area contributed by atoms with Crippen LogP contribution < -0.4 is 11.1 Å². The average molecular weight is 498 g/mol. The Balaban J connectivity index is 1.67. The minimum Gasteiger partial charge on any atom is -0.382 e. The highest BCUT2D eigenvalue weighted by atomic mass is 35.5. The molecule has 8 nitrogen and oxygen atoms in total. The van der Waals surface area contributed by atoms with Gasteiger partial charge in [0, 0.05) is 16.1 Å². The lowest BCUT2D eigenvalue weighted by atomic mass is 10.2. The molecule has 1 aromatic heterocycles.